The lowest BCUT2D eigenvalue weighted by atomic mass is 10.1. The van der Waals surface area contributed by atoms with Crippen LogP contribution < -0.4 is 4.74 Å². The number of nitriles is 1. The first kappa shape index (κ1) is 13.2. The normalized spacial score (nSPS) is 15.6. The maximum atomic E-state index is 11.4. The third kappa shape index (κ3) is 3.35. The highest BCUT2D eigenvalue weighted by molar-refractivity contribution is 5.87. The highest BCUT2D eigenvalue weighted by atomic mass is 16.5. The Hall–Kier alpha value is -2.28. The van der Waals surface area contributed by atoms with Gasteiger partial charge in [0, 0.05) is 25.9 Å². The fourth-order valence-corrected chi connectivity index (χ4v) is 2.15. The van der Waals surface area contributed by atoms with E-state index in [-0.39, 0.29) is 12.0 Å². The van der Waals surface area contributed by atoms with Crippen LogP contribution in [-0.4, -0.2) is 30.0 Å². The van der Waals surface area contributed by atoms with Gasteiger partial charge >= 0.3 is 0 Å². The molecule has 0 aliphatic carbocycles. The fraction of sp³-hybridized carbons (Fsp3) is 0.333. The van der Waals surface area contributed by atoms with Crippen molar-refractivity contribution in [1.29, 1.82) is 5.26 Å². The standard InChI is InChI=1S/C15H16N2O2/c1-2-15(18)17-8-6-13(7-9-17)19-14-5-3-4-12(10-14)11-16/h2-5,10,13H,1,6-9H2. The Bertz CT molecular complexity index is 511. The molecule has 0 spiro atoms. The average Bonchev–Trinajstić information content (AvgIpc) is 2.47. The van der Waals surface area contributed by atoms with Gasteiger partial charge in [0.15, 0.2) is 0 Å². The molecule has 1 aromatic carbocycles. The van der Waals surface area contributed by atoms with Gasteiger partial charge in [0.25, 0.3) is 0 Å². The molecule has 0 aromatic heterocycles. The number of hydrogen-bond donors (Lipinski definition) is 0. The molecule has 1 aromatic rings. The largest absolute Gasteiger partial charge is 0.490 e. The van der Waals surface area contributed by atoms with Gasteiger partial charge in [-0.15, -0.1) is 0 Å². The Kier molecular flexibility index (Phi) is 4.19. The average molecular weight is 256 g/mol. The van der Waals surface area contributed by atoms with Gasteiger partial charge in [-0.25, -0.2) is 0 Å². The summed E-state index contributed by atoms with van der Waals surface area (Å²) in [6.45, 7) is 4.86. The third-order valence-corrected chi connectivity index (χ3v) is 3.19. The van der Waals surface area contributed by atoms with Gasteiger partial charge in [-0.2, -0.15) is 5.26 Å². The summed E-state index contributed by atoms with van der Waals surface area (Å²) in [7, 11) is 0. The van der Waals surface area contributed by atoms with Crippen LogP contribution in [0.3, 0.4) is 0 Å². The van der Waals surface area contributed by atoms with E-state index in [1.54, 1.807) is 17.0 Å². The van der Waals surface area contributed by atoms with E-state index in [1.807, 2.05) is 12.1 Å². The maximum Gasteiger partial charge on any atom is 0.245 e. The second-order valence-corrected chi connectivity index (χ2v) is 4.49. The lowest BCUT2D eigenvalue weighted by Gasteiger charge is -2.31. The summed E-state index contributed by atoms with van der Waals surface area (Å²) in [5, 5.41) is 8.83. The van der Waals surface area contributed by atoms with Crippen LogP contribution in [0.1, 0.15) is 18.4 Å². The minimum absolute atomic E-state index is 0.0232. The van der Waals surface area contributed by atoms with Gasteiger partial charge < -0.3 is 9.64 Å². The number of rotatable bonds is 3. The second kappa shape index (κ2) is 6.05. The van der Waals surface area contributed by atoms with Crippen LogP contribution in [0.2, 0.25) is 0 Å². The van der Waals surface area contributed by atoms with Crippen molar-refractivity contribution in [3.8, 4) is 11.8 Å². The van der Waals surface area contributed by atoms with Crippen molar-refractivity contribution >= 4 is 5.91 Å². The Morgan fingerprint density at radius 1 is 1.47 bits per heavy atom. The Morgan fingerprint density at radius 2 is 2.21 bits per heavy atom. The van der Waals surface area contributed by atoms with E-state index < -0.39 is 0 Å². The monoisotopic (exact) mass is 256 g/mol. The number of piperidine rings is 1. The van der Waals surface area contributed by atoms with Crippen LogP contribution in [-0.2, 0) is 4.79 Å². The van der Waals surface area contributed by atoms with Crippen LogP contribution in [0.4, 0.5) is 0 Å². The Labute approximate surface area is 112 Å². The lowest BCUT2D eigenvalue weighted by molar-refractivity contribution is -0.127. The predicted molar refractivity (Wildman–Crippen MR) is 71.6 cm³/mol. The molecule has 1 fully saturated rings. The zero-order valence-corrected chi connectivity index (χ0v) is 10.7. The summed E-state index contributed by atoms with van der Waals surface area (Å²) in [6.07, 6.45) is 3.05. The molecule has 1 aliphatic heterocycles. The van der Waals surface area contributed by atoms with Gasteiger partial charge in [0.1, 0.15) is 11.9 Å². The van der Waals surface area contributed by atoms with Crippen molar-refractivity contribution in [2.45, 2.75) is 18.9 Å². The smallest absolute Gasteiger partial charge is 0.245 e. The maximum absolute atomic E-state index is 11.4. The molecular formula is C15H16N2O2. The number of nitrogens with zero attached hydrogens (tertiary/aromatic N) is 2. The van der Waals surface area contributed by atoms with Crippen molar-refractivity contribution < 1.29 is 9.53 Å². The number of carbonyl (C=O) groups excluding carboxylic acids is 1. The molecule has 1 amide bonds. The SMILES string of the molecule is C=CC(=O)N1CCC(Oc2cccc(C#N)c2)CC1. The molecule has 0 atom stereocenters. The van der Waals surface area contributed by atoms with Crippen LogP contribution in [0, 0.1) is 11.3 Å². The fourth-order valence-electron chi connectivity index (χ4n) is 2.15. The lowest BCUT2D eigenvalue weighted by Crippen LogP contribution is -2.41. The first-order chi connectivity index (χ1) is 9.22. The molecule has 0 saturated carbocycles. The van der Waals surface area contributed by atoms with E-state index in [4.69, 9.17) is 10.00 Å². The zero-order valence-electron chi connectivity index (χ0n) is 10.7. The van der Waals surface area contributed by atoms with Gasteiger partial charge in [-0.05, 0) is 24.3 Å². The van der Waals surface area contributed by atoms with E-state index >= 15 is 0 Å². The minimum atomic E-state index is -0.0232. The van der Waals surface area contributed by atoms with Crippen molar-refractivity contribution in [1.82, 2.24) is 4.90 Å². The number of amides is 1. The van der Waals surface area contributed by atoms with E-state index in [9.17, 15) is 4.79 Å². The van der Waals surface area contributed by atoms with Crippen molar-refractivity contribution in [3.05, 3.63) is 42.5 Å². The molecule has 4 nitrogen and oxygen atoms in total. The summed E-state index contributed by atoms with van der Waals surface area (Å²) >= 11 is 0. The van der Waals surface area contributed by atoms with Crippen LogP contribution in [0.15, 0.2) is 36.9 Å². The molecule has 0 bridgehead atoms. The third-order valence-electron chi connectivity index (χ3n) is 3.19. The zero-order chi connectivity index (χ0) is 13.7. The van der Waals surface area contributed by atoms with E-state index in [0.717, 1.165) is 12.8 Å². The molecule has 0 radical (unpaired) electrons. The Morgan fingerprint density at radius 3 is 2.84 bits per heavy atom. The number of hydrogen-bond acceptors (Lipinski definition) is 3. The molecule has 0 N–H and O–H groups in total. The Balaban J connectivity index is 1.90. The molecule has 1 aliphatic rings. The molecule has 1 heterocycles. The number of carbonyl (C=O) groups is 1. The summed E-state index contributed by atoms with van der Waals surface area (Å²) < 4.78 is 5.84. The predicted octanol–water partition coefficient (Wildman–Crippen LogP) is 2.11. The first-order valence-electron chi connectivity index (χ1n) is 6.31. The van der Waals surface area contributed by atoms with Gasteiger partial charge in [0.2, 0.25) is 5.91 Å². The quantitative estimate of drug-likeness (QED) is 0.778. The minimum Gasteiger partial charge on any atom is -0.490 e. The van der Waals surface area contributed by atoms with E-state index in [0.29, 0.717) is 24.4 Å². The summed E-state index contributed by atoms with van der Waals surface area (Å²) in [6, 6.07) is 9.23. The summed E-state index contributed by atoms with van der Waals surface area (Å²) in [4.78, 5) is 13.2. The molecule has 19 heavy (non-hydrogen) atoms. The van der Waals surface area contributed by atoms with E-state index in [2.05, 4.69) is 12.6 Å². The highest BCUT2D eigenvalue weighted by Gasteiger charge is 2.22. The number of benzene rings is 1. The summed E-state index contributed by atoms with van der Waals surface area (Å²) in [5.41, 5.74) is 0.594. The van der Waals surface area contributed by atoms with Crippen molar-refractivity contribution in [2.24, 2.45) is 0 Å². The van der Waals surface area contributed by atoms with Crippen LogP contribution in [0.25, 0.3) is 0 Å². The molecule has 4 heteroatoms. The molecule has 0 unspecified atom stereocenters. The number of ether oxygens (including phenoxy) is 1. The summed E-state index contributed by atoms with van der Waals surface area (Å²) in [5.74, 6) is 0.692. The topological polar surface area (TPSA) is 53.3 Å². The first-order valence-corrected chi connectivity index (χ1v) is 6.31. The molecule has 2 rings (SSSR count). The van der Waals surface area contributed by atoms with Crippen molar-refractivity contribution in [3.63, 3.8) is 0 Å². The number of likely N-dealkylation sites (tertiary alicyclic amines) is 1. The van der Waals surface area contributed by atoms with Gasteiger partial charge in [-0.1, -0.05) is 12.6 Å². The van der Waals surface area contributed by atoms with Crippen molar-refractivity contribution in [2.75, 3.05) is 13.1 Å². The van der Waals surface area contributed by atoms with Gasteiger partial charge in [-0.3, -0.25) is 4.79 Å². The van der Waals surface area contributed by atoms with Crippen LogP contribution in [0.5, 0.6) is 5.75 Å². The second-order valence-electron chi connectivity index (χ2n) is 4.49. The molecular weight excluding hydrogens is 240 g/mol. The van der Waals surface area contributed by atoms with Crippen LogP contribution >= 0.6 is 0 Å². The molecule has 1 saturated heterocycles. The van der Waals surface area contributed by atoms with Gasteiger partial charge in [0.05, 0.1) is 11.6 Å². The van der Waals surface area contributed by atoms with E-state index in [1.165, 1.54) is 6.08 Å². The molecule has 98 valence electrons. The highest BCUT2D eigenvalue weighted by Crippen LogP contribution is 2.20.